The quantitative estimate of drug-likeness (QED) is 0.836. The van der Waals surface area contributed by atoms with E-state index in [1.165, 1.54) is 13.2 Å². The zero-order valence-corrected chi connectivity index (χ0v) is 14.2. The lowest BCUT2D eigenvalue weighted by Crippen LogP contribution is -2.15. The minimum absolute atomic E-state index is 0.132. The molecule has 2 aromatic rings. The van der Waals surface area contributed by atoms with E-state index in [9.17, 15) is 9.18 Å². The van der Waals surface area contributed by atoms with Crippen molar-refractivity contribution in [3.63, 3.8) is 0 Å². The number of hydrogen-bond acceptors (Lipinski definition) is 4. The van der Waals surface area contributed by atoms with E-state index in [0.29, 0.717) is 18.7 Å². The molecule has 1 amide bonds. The number of rotatable bonds is 7. The normalized spacial score (nSPS) is 16.8. The number of benzene rings is 1. The van der Waals surface area contributed by atoms with E-state index in [-0.39, 0.29) is 24.2 Å². The number of halogens is 1. The molecule has 6 nitrogen and oxygen atoms in total. The average Bonchev–Trinajstić information content (AvgIpc) is 3.26. The van der Waals surface area contributed by atoms with E-state index < -0.39 is 5.82 Å². The first-order valence-electron chi connectivity index (χ1n) is 8.40. The molecule has 1 aliphatic rings. The summed E-state index contributed by atoms with van der Waals surface area (Å²) in [6, 6.07) is 4.72. The highest BCUT2D eigenvalue weighted by molar-refractivity contribution is 5.90. The van der Waals surface area contributed by atoms with Gasteiger partial charge in [0.2, 0.25) is 5.91 Å². The summed E-state index contributed by atoms with van der Waals surface area (Å²) in [7, 11) is 1.42. The van der Waals surface area contributed by atoms with Gasteiger partial charge in [0.25, 0.3) is 0 Å². The minimum Gasteiger partial charge on any atom is -0.494 e. The van der Waals surface area contributed by atoms with Gasteiger partial charge in [0.1, 0.15) is 0 Å². The maximum absolute atomic E-state index is 13.6. The maximum Gasteiger partial charge on any atom is 0.224 e. The number of amides is 1. The van der Waals surface area contributed by atoms with Gasteiger partial charge in [-0.2, -0.15) is 5.10 Å². The molecular weight excluding hydrogens is 325 g/mol. The summed E-state index contributed by atoms with van der Waals surface area (Å²) in [5.74, 6) is -0.351. The monoisotopic (exact) mass is 347 g/mol. The highest BCUT2D eigenvalue weighted by Crippen LogP contribution is 2.19. The summed E-state index contributed by atoms with van der Waals surface area (Å²) in [5.41, 5.74) is 1.41. The maximum atomic E-state index is 13.6. The van der Waals surface area contributed by atoms with Crippen LogP contribution in [0.5, 0.6) is 5.75 Å². The van der Waals surface area contributed by atoms with E-state index in [1.807, 2.05) is 0 Å². The van der Waals surface area contributed by atoms with Crippen molar-refractivity contribution in [1.29, 1.82) is 0 Å². The van der Waals surface area contributed by atoms with E-state index in [2.05, 4.69) is 10.4 Å². The molecule has 1 unspecified atom stereocenters. The number of nitrogens with one attached hydrogen (secondary N) is 1. The first kappa shape index (κ1) is 17.4. The molecule has 0 saturated carbocycles. The fourth-order valence-corrected chi connectivity index (χ4v) is 2.87. The topological polar surface area (TPSA) is 65.4 Å². The number of hydrogen-bond donors (Lipinski definition) is 1. The van der Waals surface area contributed by atoms with Crippen LogP contribution in [0.3, 0.4) is 0 Å². The summed E-state index contributed by atoms with van der Waals surface area (Å²) in [6.07, 6.45) is 6.47. The third-order valence-corrected chi connectivity index (χ3v) is 4.19. The summed E-state index contributed by atoms with van der Waals surface area (Å²) < 4.78 is 25.9. The van der Waals surface area contributed by atoms with Crippen LogP contribution in [-0.4, -0.2) is 35.5 Å². The second kappa shape index (κ2) is 8.11. The highest BCUT2D eigenvalue weighted by atomic mass is 19.1. The number of ether oxygens (including phenoxy) is 2. The fraction of sp³-hybridized carbons (Fsp3) is 0.444. The molecule has 1 saturated heterocycles. The van der Waals surface area contributed by atoms with Crippen molar-refractivity contribution < 1.29 is 18.7 Å². The highest BCUT2D eigenvalue weighted by Gasteiger charge is 2.16. The van der Waals surface area contributed by atoms with Gasteiger partial charge >= 0.3 is 0 Å². The van der Waals surface area contributed by atoms with Crippen molar-refractivity contribution in [3.8, 4) is 5.75 Å². The third kappa shape index (κ3) is 4.79. The summed E-state index contributed by atoms with van der Waals surface area (Å²) in [5, 5.41) is 7.05. The van der Waals surface area contributed by atoms with E-state index in [0.717, 1.165) is 25.0 Å². The van der Waals surface area contributed by atoms with Crippen molar-refractivity contribution in [1.82, 2.24) is 9.78 Å². The Kier molecular flexibility index (Phi) is 5.65. The Balaban J connectivity index is 1.47. The van der Waals surface area contributed by atoms with Gasteiger partial charge in [-0.15, -0.1) is 0 Å². The smallest absolute Gasteiger partial charge is 0.224 e. The zero-order chi connectivity index (χ0) is 17.6. The predicted octanol–water partition coefficient (Wildman–Crippen LogP) is 2.78. The van der Waals surface area contributed by atoms with Gasteiger partial charge in [-0.25, -0.2) is 4.39 Å². The number of anilines is 1. The van der Waals surface area contributed by atoms with Crippen LogP contribution in [0.15, 0.2) is 30.6 Å². The molecular formula is C18H22FN3O3. The number of carbonyl (C=O) groups is 1. The molecule has 1 aliphatic heterocycles. The van der Waals surface area contributed by atoms with Crippen molar-refractivity contribution in [2.24, 2.45) is 0 Å². The molecule has 1 aromatic carbocycles. The molecule has 1 aromatic heterocycles. The lowest BCUT2D eigenvalue weighted by molar-refractivity contribution is -0.116. The largest absolute Gasteiger partial charge is 0.494 e. The molecule has 0 radical (unpaired) electrons. The average molecular weight is 347 g/mol. The third-order valence-electron chi connectivity index (χ3n) is 4.19. The molecule has 0 aliphatic carbocycles. The van der Waals surface area contributed by atoms with Gasteiger partial charge in [0.15, 0.2) is 11.6 Å². The van der Waals surface area contributed by atoms with E-state index in [4.69, 9.17) is 9.47 Å². The minimum atomic E-state index is -0.421. The summed E-state index contributed by atoms with van der Waals surface area (Å²) in [6.45, 7) is 1.50. The molecule has 1 fully saturated rings. The Morgan fingerprint density at radius 2 is 2.40 bits per heavy atom. The first-order valence-corrected chi connectivity index (χ1v) is 8.40. The molecule has 1 N–H and O–H groups in total. The van der Waals surface area contributed by atoms with Crippen LogP contribution in [0.2, 0.25) is 0 Å². The van der Waals surface area contributed by atoms with Gasteiger partial charge in [-0.05, 0) is 37.0 Å². The Labute approximate surface area is 145 Å². The van der Waals surface area contributed by atoms with E-state index in [1.54, 1.807) is 29.2 Å². The molecule has 2 heterocycles. The molecule has 134 valence electrons. The second-order valence-corrected chi connectivity index (χ2v) is 6.10. The van der Waals surface area contributed by atoms with Crippen molar-refractivity contribution in [2.45, 2.75) is 38.3 Å². The predicted molar refractivity (Wildman–Crippen MR) is 91.1 cm³/mol. The number of aromatic nitrogens is 2. The van der Waals surface area contributed by atoms with Crippen LogP contribution < -0.4 is 10.1 Å². The van der Waals surface area contributed by atoms with Crippen molar-refractivity contribution in [2.75, 3.05) is 19.0 Å². The Morgan fingerprint density at radius 3 is 3.12 bits per heavy atom. The van der Waals surface area contributed by atoms with Crippen LogP contribution in [0.25, 0.3) is 0 Å². The molecule has 3 rings (SSSR count). The van der Waals surface area contributed by atoms with Crippen LogP contribution in [-0.2, 0) is 22.5 Å². The number of methoxy groups -OCH3 is 1. The Morgan fingerprint density at radius 1 is 1.52 bits per heavy atom. The molecule has 25 heavy (non-hydrogen) atoms. The Hall–Kier alpha value is -2.41. The van der Waals surface area contributed by atoms with Crippen LogP contribution in [0, 0.1) is 5.82 Å². The van der Waals surface area contributed by atoms with Crippen molar-refractivity contribution in [3.05, 3.63) is 42.0 Å². The first-order chi connectivity index (χ1) is 12.1. The van der Waals surface area contributed by atoms with Crippen molar-refractivity contribution >= 4 is 11.6 Å². The van der Waals surface area contributed by atoms with Gasteiger partial charge in [-0.3, -0.25) is 9.48 Å². The number of nitrogens with zero attached hydrogens (tertiary/aromatic N) is 2. The van der Waals surface area contributed by atoms with Gasteiger partial charge in [0, 0.05) is 19.2 Å². The zero-order valence-electron chi connectivity index (χ0n) is 14.2. The molecule has 7 heteroatoms. The van der Waals surface area contributed by atoms with E-state index >= 15 is 0 Å². The van der Waals surface area contributed by atoms with Gasteiger partial charge in [0.05, 0.1) is 31.6 Å². The van der Waals surface area contributed by atoms with Crippen LogP contribution in [0.1, 0.15) is 24.8 Å². The fourth-order valence-electron chi connectivity index (χ4n) is 2.87. The lowest BCUT2D eigenvalue weighted by atomic mass is 10.1. The molecule has 0 spiro atoms. The second-order valence-electron chi connectivity index (χ2n) is 6.10. The van der Waals surface area contributed by atoms with Crippen LogP contribution >= 0.6 is 0 Å². The SMILES string of the molecule is COc1ccc(CCC(=O)Nc2cnn(CC3CCCO3)c2)cc1F. The number of aryl methyl sites for hydroxylation is 1. The Bertz CT molecular complexity index is 726. The number of carbonyl (C=O) groups excluding carboxylic acids is 1. The van der Waals surface area contributed by atoms with Gasteiger partial charge < -0.3 is 14.8 Å². The van der Waals surface area contributed by atoms with Gasteiger partial charge in [-0.1, -0.05) is 6.07 Å². The standard InChI is InChI=1S/C18H22FN3O3/c1-24-17-6-4-13(9-16(17)19)5-7-18(23)21-14-10-20-22(11-14)12-15-3-2-8-25-15/h4,6,9-11,15H,2-3,5,7-8,12H2,1H3,(H,21,23). The lowest BCUT2D eigenvalue weighted by Gasteiger charge is -2.08. The summed E-state index contributed by atoms with van der Waals surface area (Å²) >= 11 is 0. The summed E-state index contributed by atoms with van der Waals surface area (Å²) in [4.78, 5) is 12.1. The van der Waals surface area contributed by atoms with Crippen LogP contribution in [0.4, 0.5) is 10.1 Å². The molecule has 0 bridgehead atoms. The molecule has 1 atom stereocenters.